The molecule has 0 atom stereocenters. The fourth-order valence-electron chi connectivity index (χ4n) is 3.00. The number of fused-ring (bicyclic) bond motifs is 1. The molecule has 4 aromatic rings. The van der Waals surface area contributed by atoms with Crippen LogP contribution in [0, 0.1) is 0 Å². The van der Waals surface area contributed by atoms with Crippen LogP contribution in [0.5, 0.6) is 11.5 Å². The Bertz CT molecular complexity index is 1240. The van der Waals surface area contributed by atoms with Gasteiger partial charge in [-0.1, -0.05) is 0 Å². The van der Waals surface area contributed by atoms with Crippen molar-refractivity contribution in [3.63, 3.8) is 0 Å². The van der Waals surface area contributed by atoms with Gasteiger partial charge >= 0.3 is 0 Å². The van der Waals surface area contributed by atoms with Crippen molar-refractivity contribution in [1.82, 2.24) is 19.8 Å². The molecule has 30 heavy (non-hydrogen) atoms. The average Bonchev–Trinajstić information content (AvgIpc) is 3.23. The van der Waals surface area contributed by atoms with E-state index in [-0.39, 0.29) is 17.9 Å². The number of rotatable bonds is 6. The summed E-state index contributed by atoms with van der Waals surface area (Å²) in [6.07, 6.45) is -0.0664. The number of hydrogen-bond acceptors (Lipinski definition) is 6. The Hall–Kier alpha value is -4.14. The van der Waals surface area contributed by atoms with E-state index in [0.29, 0.717) is 28.5 Å². The van der Waals surface area contributed by atoms with Gasteiger partial charge in [-0.2, -0.15) is 10.2 Å². The number of nitrogens with one attached hydrogen (secondary N) is 2. The van der Waals surface area contributed by atoms with E-state index in [1.165, 1.54) is 4.52 Å². The lowest BCUT2D eigenvalue weighted by Crippen LogP contribution is -2.22. The number of methoxy groups -OCH3 is 2. The monoisotopic (exact) mass is 405 g/mol. The Morgan fingerprint density at radius 3 is 2.30 bits per heavy atom. The van der Waals surface area contributed by atoms with Crippen molar-refractivity contribution in [3.05, 3.63) is 70.8 Å². The largest absolute Gasteiger partial charge is 0.497 e. The molecule has 0 unspecified atom stereocenters. The highest BCUT2D eigenvalue weighted by Gasteiger charge is 2.15. The zero-order valence-corrected chi connectivity index (χ0v) is 16.4. The lowest BCUT2D eigenvalue weighted by atomic mass is 10.1. The molecule has 2 heterocycles. The summed E-state index contributed by atoms with van der Waals surface area (Å²) in [4.78, 5) is 24.7. The summed E-state index contributed by atoms with van der Waals surface area (Å²) < 4.78 is 11.7. The number of aromatic amines is 1. The summed E-state index contributed by atoms with van der Waals surface area (Å²) >= 11 is 0. The fourth-order valence-corrected chi connectivity index (χ4v) is 3.00. The van der Waals surface area contributed by atoms with E-state index in [2.05, 4.69) is 20.6 Å². The number of aromatic nitrogens is 4. The number of ether oxygens (including phenoxy) is 2. The second kappa shape index (κ2) is 8.08. The normalized spacial score (nSPS) is 10.7. The molecule has 0 radical (unpaired) electrons. The van der Waals surface area contributed by atoms with Crippen LogP contribution in [-0.4, -0.2) is 39.9 Å². The number of benzene rings is 2. The highest BCUT2D eigenvalue weighted by molar-refractivity contribution is 5.92. The first-order valence-electron chi connectivity index (χ1n) is 9.13. The van der Waals surface area contributed by atoms with Crippen molar-refractivity contribution < 1.29 is 14.3 Å². The minimum absolute atomic E-state index is 0.0664. The molecular formula is C21H19N5O4. The number of amides is 1. The molecule has 1 amide bonds. The van der Waals surface area contributed by atoms with E-state index in [1.54, 1.807) is 44.6 Å². The third kappa shape index (κ3) is 3.86. The molecule has 2 aromatic heterocycles. The molecule has 152 valence electrons. The standard InChI is InChI=1S/C21H19N5O4/c1-29-15-7-3-13(4-8-15)17-11-18-21(28)24-23-19(26(18)25-17)12-20(27)22-14-5-9-16(30-2)10-6-14/h3-11H,12H2,1-2H3,(H,22,27)(H,24,28). The third-order valence-corrected chi connectivity index (χ3v) is 4.55. The molecule has 9 heteroatoms. The Kier molecular flexibility index (Phi) is 5.17. The van der Waals surface area contributed by atoms with Crippen LogP contribution in [0.25, 0.3) is 16.8 Å². The maximum absolute atomic E-state index is 12.5. The number of anilines is 1. The molecule has 0 aliphatic heterocycles. The maximum atomic E-state index is 12.5. The van der Waals surface area contributed by atoms with E-state index < -0.39 is 0 Å². The smallest absolute Gasteiger partial charge is 0.290 e. The molecular weight excluding hydrogens is 386 g/mol. The fraction of sp³-hybridized carbons (Fsp3) is 0.143. The quantitative estimate of drug-likeness (QED) is 0.509. The summed E-state index contributed by atoms with van der Waals surface area (Å²) in [6, 6.07) is 16.0. The van der Waals surface area contributed by atoms with Crippen LogP contribution in [0.2, 0.25) is 0 Å². The highest BCUT2D eigenvalue weighted by atomic mass is 16.5. The molecule has 0 saturated heterocycles. The second-order valence-electron chi connectivity index (χ2n) is 6.48. The number of carbonyl (C=O) groups is 1. The van der Waals surface area contributed by atoms with E-state index in [0.717, 1.165) is 11.3 Å². The van der Waals surface area contributed by atoms with E-state index >= 15 is 0 Å². The van der Waals surface area contributed by atoms with Gasteiger partial charge in [0.1, 0.15) is 17.0 Å². The first kappa shape index (κ1) is 19.2. The molecule has 0 spiro atoms. The minimum Gasteiger partial charge on any atom is -0.497 e. The lowest BCUT2D eigenvalue weighted by molar-refractivity contribution is -0.115. The predicted molar refractivity (Wildman–Crippen MR) is 111 cm³/mol. The van der Waals surface area contributed by atoms with Gasteiger partial charge in [0.2, 0.25) is 5.91 Å². The van der Waals surface area contributed by atoms with Gasteiger partial charge in [-0.15, -0.1) is 0 Å². The molecule has 0 aliphatic rings. The first-order chi connectivity index (χ1) is 14.6. The third-order valence-electron chi connectivity index (χ3n) is 4.55. The van der Waals surface area contributed by atoms with Crippen molar-refractivity contribution in [1.29, 1.82) is 0 Å². The lowest BCUT2D eigenvalue weighted by Gasteiger charge is -2.07. The molecule has 2 aromatic carbocycles. The SMILES string of the molecule is COc1ccc(NC(=O)Cc2n[nH]c(=O)c3cc(-c4ccc(OC)cc4)nn23)cc1. The van der Waals surface area contributed by atoms with Gasteiger partial charge in [-0.05, 0) is 54.6 Å². The van der Waals surface area contributed by atoms with Gasteiger partial charge in [0, 0.05) is 11.3 Å². The summed E-state index contributed by atoms with van der Waals surface area (Å²) in [5, 5.41) is 13.7. The van der Waals surface area contributed by atoms with Crippen molar-refractivity contribution in [3.8, 4) is 22.8 Å². The molecule has 4 rings (SSSR count). The zero-order chi connectivity index (χ0) is 21.1. The molecule has 0 aliphatic carbocycles. The topological polar surface area (TPSA) is 111 Å². The second-order valence-corrected chi connectivity index (χ2v) is 6.48. The molecule has 0 saturated carbocycles. The number of carbonyl (C=O) groups excluding carboxylic acids is 1. The highest BCUT2D eigenvalue weighted by Crippen LogP contribution is 2.22. The number of nitrogens with zero attached hydrogens (tertiary/aromatic N) is 3. The summed E-state index contributed by atoms with van der Waals surface area (Å²) in [5.74, 6) is 1.44. The number of hydrogen-bond donors (Lipinski definition) is 2. The van der Waals surface area contributed by atoms with Crippen LogP contribution in [0.4, 0.5) is 5.69 Å². The van der Waals surface area contributed by atoms with E-state index in [1.807, 2.05) is 24.3 Å². The van der Waals surface area contributed by atoms with Crippen molar-refractivity contribution >= 4 is 17.1 Å². The van der Waals surface area contributed by atoms with Crippen LogP contribution in [0.3, 0.4) is 0 Å². The van der Waals surface area contributed by atoms with Crippen LogP contribution in [0.1, 0.15) is 5.82 Å². The molecule has 2 N–H and O–H groups in total. The summed E-state index contributed by atoms with van der Waals surface area (Å²) in [5.41, 5.74) is 1.95. The minimum atomic E-state index is -0.387. The number of H-pyrrole nitrogens is 1. The zero-order valence-electron chi connectivity index (χ0n) is 16.4. The maximum Gasteiger partial charge on any atom is 0.290 e. The van der Waals surface area contributed by atoms with Gasteiger partial charge in [-0.25, -0.2) is 9.61 Å². The Balaban J connectivity index is 1.60. The van der Waals surface area contributed by atoms with Crippen LogP contribution < -0.4 is 20.3 Å². The van der Waals surface area contributed by atoms with Crippen LogP contribution in [-0.2, 0) is 11.2 Å². The van der Waals surface area contributed by atoms with Crippen LogP contribution in [0.15, 0.2) is 59.4 Å². The predicted octanol–water partition coefficient (Wildman–Crippen LogP) is 2.28. The van der Waals surface area contributed by atoms with E-state index in [4.69, 9.17) is 9.47 Å². The van der Waals surface area contributed by atoms with Gasteiger partial charge in [0.05, 0.1) is 26.3 Å². The van der Waals surface area contributed by atoms with Crippen LogP contribution >= 0.6 is 0 Å². The van der Waals surface area contributed by atoms with Gasteiger partial charge < -0.3 is 14.8 Å². The van der Waals surface area contributed by atoms with E-state index in [9.17, 15) is 9.59 Å². The van der Waals surface area contributed by atoms with Crippen molar-refractivity contribution in [2.75, 3.05) is 19.5 Å². The van der Waals surface area contributed by atoms with Crippen molar-refractivity contribution in [2.45, 2.75) is 6.42 Å². The van der Waals surface area contributed by atoms with Gasteiger partial charge in [0.25, 0.3) is 5.56 Å². The van der Waals surface area contributed by atoms with Crippen molar-refractivity contribution in [2.24, 2.45) is 0 Å². The summed E-state index contributed by atoms with van der Waals surface area (Å²) in [6.45, 7) is 0. The average molecular weight is 405 g/mol. The van der Waals surface area contributed by atoms with Gasteiger partial charge in [0.15, 0.2) is 5.82 Å². The van der Waals surface area contributed by atoms with Gasteiger partial charge in [-0.3, -0.25) is 9.59 Å². The Labute approximate surface area is 171 Å². The Morgan fingerprint density at radius 2 is 1.67 bits per heavy atom. The Morgan fingerprint density at radius 1 is 1.03 bits per heavy atom. The summed E-state index contributed by atoms with van der Waals surface area (Å²) in [7, 11) is 3.17. The molecule has 0 fully saturated rings. The first-order valence-corrected chi connectivity index (χ1v) is 9.13. The molecule has 0 bridgehead atoms. The molecule has 9 nitrogen and oxygen atoms in total.